The molecule has 30 heavy (non-hydrogen) atoms. The Morgan fingerprint density at radius 3 is 2.50 bits per heavy atom. The van der Waals surface area contributed by atoms with Gasteiger partial charge in [0.25, 0.3) is 0 Å². The van der Waals surface area contributed by atoms with E-state index in [1.54, 1.807) is 24.5 Å². The van der Waals surface area contributed by atoms with E-state index >= 15 is 0 Å². The Bertz CT molecular complexity index is 1050. The fourth-order valence-electron chi connectivity index (χ4n) is 2.77. The number of pyridine rings is 1. The second-order valence-corrected chi connectivity index (χ2v) is 8.51. The minimum absolute atomic E-state index is 0.0130. The van der Waals surface area contributed by atoms with Gasteiger partial charge < -0.3 is 10.4 Å². The van der Waals surface area contributed by atoms with Gasteiger partial charge in [0.1, 0.15) is 5.00 Å². The third-order valence-electron chi connectivity index (χ3n) is 4.23. The smallest absolute Gasteiger partial charge is 0.313 e. The molecule has 0 bridgehead atoms. The average Bonchev–Trinajstić information content (AvgIpc) is 3.16. The first-order chi connectivity index (χ1) is 14.5. The van der Waals surface area contributed by atoms with Gasteiger partial charge >= 0.3 is 5.97 Å². The van der Waals surface area contributed by atoms with Gasteiger partial charge in [0.15, 0.2) is 5.78 Å². The molecule has 3 rings (SSSR count). The lowest BCUT2D eigenvalue weighted by Crippen LogP contribution is -2.16. The third kappa shape index (κ3) is 5.55. The summed E-state index contributed by atoms with van der Waals surface area (Å²) in [5, 5.41) is 11.9. The maximum Gasteiger partial charge on any atom is 0.313 e. The van der Waals surface area contributed by atoms with Gasteiger partial charge in [0, 0.05) is 22.8 Å². The first kappa shape index (κ1) is 21.7. The van der Waals surface area contributed by atoms with Crippen LogP contribution in [0.5, 0.6) is 0 Å². The molecule has 0 aliphatic heterocycles. The predicted octanol–water partition coefficient (Wildman–Crippen LogP) is 4.36. The van der Waals surface area contributed by atoms with E-state index in [2.05, 4.69) is 10.3 Å². The number of ketones is 1. The maximum atomic E-state index is 13.1. The van der Waals surface area contributed by atoms with Crippen molar-refractivity contribution in [3.05, 3.63) is 70.9 Å². The Morgan fingerprint density at radius 1 is 1.10 bits per heavy atom. The minimum atomic E-state index is -0.970. The fraction of sp³-hybridized carbons (Fsp3) is 0.182. The molecule has 0 saturated carbocycles. The molecular formula is C22H20N2O4S2. The molecule has 154 valence electrons. The molecule has 6 nitrogen and oxygen atoms in total. The van der Waals surface area contributed by atoms with Gasteiger partial charge in [0.2, 0.25) is 5.91 Å². The molecule has 1 aromatic carbocycles. The Kier molecular flexibility index (Phi) is 7.37. The monoisotopic (exact) mass is 440 g/mol. The van der Waals surface area contributed by atoms with Crippen molar-refractivity contribution in [2.24, 2.45) is 0 Å². The van der Waals surface area contributed by atoms with Crippen molar-refractivity contribution in [2.45, 2.75) is 13.3 Å². The number of thiophene rings is 1. The van der Waals surface area contributed by atoms with Crippen LogP contribution in [0.4, 0.5) is 5.00 Å². The number of carboxylic acid groups (broad SMARTS) is 1. The number of aliphatic carboxylic acids is 1. The lowest BCUT2D eigenvalue weighted by molar-refractivity contribution is -0.133. The van der Waals surface area contributed by atoms with Crippen LogP contribution < -0.4 is 5.32 Å². The van der Waals surface area contributed by atoms with Crippen molar-refractivity contribution in [1.82, 2.24) is 4.98 Å². The normalized spacial score (nSPS) is 10.6. The summed E-state index contributed by atoms with van der Waals surface area (Å²) in [6.45, 7) is 1.98. The van der Waals surface area contributed by atoms with E-state index < -0.39 is 5.97 Å². The van der Waals surface area contributed by atoms with Crippen LogP contribution in [0.1, 0.15) is 27.7 Å². The van der Waals surface area contributed by atoms with E-state index in [0.29, 0.717) is 16.1 Å². The maximum absolute atomic E-state index is 13.1. The summed E-state index contributed by atoms with van der Waals surface area (Å²) in [4.78, 5) is 40.9. The van der Waals surface area contributed by atoms with E-state index in [1.807, 2.05) is 37.3 Å². The van der Waals surface area contributed by atoms with Crippen LogP contribution in [0.2, 0.25) is 0 Å². The molecule has 8 heteroatoms. The first-order valence-electron chi connectivity index (χ1n) is 9.25. The number of carbonyl (C=O) groups is 3. The minimum Gasteiger partial charge on any atom is -0.481 e. The van der Waals surface area contributed by atoms with Gasteiger partial charge in [0.05, 0.1) is 17.1 Å². The lowest BCUT2D eigenvalue weighted by atomic mass is 10.0. The molecule has 0 unspecified atom stereocenters. The Balaban J connectivity index is 1.77. The van der Waals surface area contributed by atoms with Crippen molar-refractivity contribution >= 4 is 45.8 Å². The third-order valence-corrected chi connectivity index (χ3v) is 6.34. The quantitative estimate of drug-likeness (QED) is 0.480. The number of anilines is 1. The van der Waals surface area contributed by atoms with E-state index in [4.69, 9.17) is 5.11 Å². The molecule has 0 spiro atoms. The number of hydrogen-bond acceptors (Lipinski definition) is 6. The van der Waals surface area contributed by atoms with Crippen LogP contribution in [0.15, 0.2) is 54.9 Å². The summed E-state index contributed by atoms with van der Waals surface area (Å²) in [5.41, 5.74) is 2.90. The van der Waals surface area contributed by atoms with Crippen LogP contribution in [0.25, 0.3) is 11.1 Å². The van der Waals surface area contributed by atoms with Crippen LogP contribution in [-0.4, -0.2) is 39.3 Å². The number of aryl methyl sites for hydroxylation is 1. The van der Waals surface area contributed by atoms with Crippen LogP contribution in [-0.2, 0) is 16.0 Å². The average molecular weight is 441 g/mol. The number of benzene rings is 1. The molecule has 2 heterocycles. The van der Waals surface area contributed by atoms with Crippen LogP contribution in [0, 0.1) is 0 Å². The molecule has 0 aliphatic rings. The molecule has 0 saturated heterocycles. The van der Waals surface area contributed by atoms with Crippen molar-refractivity contribution < 1.29 is 19.5 Å². The summed E-state index contributed by atoms with van der Waals surface area (Å²) in [5.74, 6) is -1.60. The predicted molar refractivity (Wildman–Crippen MR) is 120 cm³/mol. The summed E-state index contributed by atoms with van der Waals surface area (Å²) in [6, 6.07) is 12.9. The molecule has 0 atom stereocenters. The number of nitrogens with zero attached hydrogens (tertiary/aromatic N) is 1. The van der Waals surface area contributed by atoms with E-state index in [9.17, 15) is 14.4 Å². The molecule has 0 fully saturated rings. The molecule has 0 radical (unpaired) electrons. The van der Waals surface area contributed by atoms with Gasteiger partial charge in [-0.25, -0.2) is 0 Å². The highest BCUT2D eigenvalue weighted by Gasteiger charge is 2.19. The van der Waals surface area contributed by atoms with Gasteiger partial charge in [-0.3, -0.25) is 19.4 Å². The zero-order valence-electron chi connectivity index (χ0n) is 16.3. The van der Waals surface area contributed by atoms with E-state index in [1.165, 1.54) is 11.3 Å². The van der Waals surface area contributed by atoms with Gasteiger partial charge in [-0.1, -0.05) is 37.3 Å². The van der Waals surface area contributed by atoms with Gasteiger partial charge in [-0.15, -0.1) is 23.1 Å². The Hall–Kier alpha value is -2.97. The molecule has 2 N–H and O–H groups in total. The number of carbonyl (C=O) groups excluding carboxylic acids is 2. The first-order valence-corrected chi connectivity index (χ1v) is 11.2. The molecule has 3 aromatic rings. The van der Waals surface area contributed by atoms with Crippen molar-refractivity contribution in [3.8, 4) is 11.1 Å². The SMILES string of the molecule is CCc1cc(C(=O)c2ccc(-c3cccnc3)cc2)c(NC(=O)CSCC(=O)O)s1. The highest BCUT2D eigenvalue weighted by atomic mass is 32.2. The van der Waals surface area contributed by atoms with Crippen molar-refractivity contribution in [2.75, 3.05) is 16.8 Å². The van der Waals surface area contributed by atoms with E-state index in [-0.39, 0.29) is 23.2 Å². The van der Waals surface area contributed by atoms with Crippen LogP contribution in [0.3, 0.4) is 0 Å². The number of aromatic nitrogens is 1. The number of hydrogen-bond donors (Lipinski definition) is 2. The Morgan fingerprint density at radius 2 is 1.87 bits per heavy atom. The Labute approximate surface area is 182 Å². The van der Waals surface area contributed by atoms with Crippen molar-refractivity contribution in [1.29, 1.82) is 0 Å². The topological polar surface area (TPSA) is 96.4 Å². The zero-order valence-corrected chi connectivity index (χ0v) is 17.9. The fourth-order valence-corrected chi connectivity index (χ4v) is 4.32. The molecule has 2 aromatic heterocycles. The summed E-state index contributed by atoms with van der Waals surface area (Å²) < 4.78 is 0. The zero-order chi connectivity index (χ0) is 21.5. The lowest BCUT2D eigenvalue weighted by Gasteiger charge is -2.07. The second kappa shape index (κ2) is 10.2. The van der Waals surface area contributed by atoms with Crippen molar-refractivity contribution in [3.63, 3.8) is 0 Å². The largest absolute Gasteiger partial charge is 0.481 e. The highest BCUT2D eigenvalue weighted by molar-refractivity contribution is 8.00. The molecule has 0 aliphatic carbocycles. The summed E-state index contributed by atoms with van der Waals surface area (Å²) in [6.07, 6.45) is 4.22. The number of thioether (sulfide) groups is 1. The van der Waals surface area contributed by atoms with E-state index in [0.717, 1.165) is 34.2 Å². The number of amides is 1. The van der Waals surface area contributed by atoms with Gasteiger partial charge in [-0.2, -0.15) is 0 Å². The number of rotatable bonds is 9. The highest BCUT2D eigenvalue weighted by Crippen LogP contribution is 2.31. The standard InChI is InChI=1S/C22H20N2O4S2/c1-2-17-10-18(22(30-17)24-19(25)12-29-13-20(26)27)21(28)15-7-5-14(6-8-15)16-4-3-9-23-11-16/h3-11H,2,12-13H2,1H3,(H,24,25)(H,26,27). The molecule has 1 amide bonds. The van der Waals surface area contributed by atoms with Gasteiger partial charge in [-0.05, 0) is 29.7 Å². The summed E-state index contributed by atoms with van der Waals surface area (Å²) in [7, 11) is 0. The van der Waals surface area contributed by atoms with Crippen LogP contribution >= 0.6 is 23.1 Å². The number of nitrogens with one attached hydrogen (secondary N) is 1. The summed E-state index contributed by atoms with van der Waals surface area (Å²) >= 11 is 2.38. The molecular weight excluding hydrogens is 420 g/mol. The second-order valence-electron chi connectivity index (χ2n) is 6.39. The number of carboxylic acids is 1.